The van der Waals surface area contributed by atoms with Crippen LogP contribution in [0, 0.1) is 0 Å². The lowest BCUT2D eigenvalue weighted by molar-refractivity contribution is -0.147. The average molecular weight is 286 g/mol. The van der Waals surface area contributed by atoms with Crippen molar-refractivity contribution in [1.29, 1.82) is 0 Å². The van der Waals surface area contributed by atoms with Crippen molar-refractivity contribution in [2.24, 2.45) is 0 Å². The number of carboxylic acids is 1. The second-order valence-electron chi connectivity index (χ2n) is 4.80. The van der Waals surface area contributed by atoms with Crippen LogP contribution in [0.1, 0.15) is 10.4 Å². The summed E-state index contributed by atoms with van der Waals surface area (Å²) in [5.41, 5.74) is 1.18. The molecule has 1 aromatic carbocycles. The van der Waals surface area contributed by atoms with Crippen LogP contribution in [0.5, 0.6) is 0 Å². The van der Waals surface area contributed by atoms with Crippen LogP contribution < -0.4 is 0 Å². The van der Waals surface area contributed by atoms with Crippen molar-refractivity contribution >= 4 is 22.8 Å². The number of rotatable bonds is 2. The first kappa shape index (κ1) is 13.5. The fraction of sp³-hybridized carbons (Fsp3) is 0.267. The van der Waals surface area contributed by atoms with Crippen LogP contribution in [-0.4, -0.2) is 52.7 Å². The second-order valence-corrected chi connectivity index (χ2v) is 4.80. The molecule has 6 nitrogen and oxygen atoms in total. The maximum atomic E-state index is 12.7. The van der Waals surface area contributed by atoms with E-state index < -0.39 is 12.0 Å². The van der Waals surface area contributed by atoms with E-state index in [1.54, 1.807) is 12.3 Å². The van der Waals surface area contributed by atoms with Gasteiger partial charge in [-0.1, -0.05) is 18.2 Å². The topological polar surface area (TPSA) is 79.7 Å². The summed E-state index contributed by atoms with van der Waals surface area (Å²) in [5, 5.41) is 9.95. The SMILES string of the molecule is O=C(O)C1COCCN1C(=O)c1ccnc2ccccc12. The number of carboxylic acid groups (broad SMARTS) is 1. The van der Waals surface area contributed by atoms with Gasteiger partial charge in [0.25, 0.3) is 5.91 Å². The zero-order valence-corrected chi connectivity index (χ0v) is 11.2. The third-order valence-electron chi connectivity index (χ3n) is 3.55. The molecule has 0 bridgehead atoms. The molecule has 1 fully saturated rings. The Morgan fingerprint density at radius 3 is 2.90 bits per heavy atom. The number of nitrogens with zero attached hydrogens (tertiary/aromatic N) is 2. The van der Waals surface area contributed by atoms with E-state index in [0.29, 0.717) is 17.7 Å². The number of para-hydroxylation sites is 1. The molecule has 1 aromatic heterocycles. The lowest BCUT2D eigenvalue weighted by atomic mass is 10.1. The Kier molecular flexibility index (Phi) is 3.53. The minimum Gasteiger partial charge on any atom is -0.480 e. The molecule has 6 heteroatoms. The van der Waals surface area contributed by atoms with E-state index in [4.69, 9.17) is 4.74 Å². The molecule has 0 radical (unpaired) electrons. The first-order valence-electron chi connectivity index (χ1n) is 6.64. The number of benzene rings is 1. The van der Waals surface area contributed by atoms with Crippen molar-refractivity contribution in [1.82, 2.24) is 9.88 Å². The summed E-state index contributed by atoms with van der Waals surface area (Å²) in [7, 11) is 0. The van der Waals surface area contributed by atoms with Crippen LogP contribution in [0.15, 0.2) is 36.5 Å². The van der Waals surface area contributed by atoms with Gasteiger partial charge in [-0.05, 0) is 12.1 Å². The number of aromatic nitrogens is 1. The van der Waals surface area contributed by atoms with Crippen molar-refractivity contribution in [2.75, 3.05) is 19.8 Å². The summed E-state index contributed by atoms with van der Waals surface area (Å²) >= 11 is 0. The van der Waals surface area contributed by atoms with Crippen LogP contribution in [-0.2, 0) is 9.53 Å². The van der Waals surface area contributed by atoms with Gasteiger partial charge in [-0.3, -0.25) is 9.78 Å². The maximum Gasteiger partial charge on any atom is 0.328 e. The highest BCUT2D eigenvalue weighted by atomic mass is 16.5. The molecule has 1 aliphatic rings. The van der Waals surface area contributed by atoms with E-state index in [1.807, 2.05) is 24.3 Å². The smallest absolute Gasteiger partial charge is 0.328 e. The summed E-state index contributed by atoms with van der Waals surface area (Å²) in [6, 6.07) is 7.98. The Morgan fingerprint density at radius 1 is 1.29 bits per heavy atom. The number of hydrogen-bond donors (Lipinski definition) is 1. The standard InChI is InChI=1S/C15H14N2O4/c18-14(17-7-8-21-9-13(17)15(19)20)11-5-6-16-12-4-2-1-3-10(11)12/h1-6,13H,7-9H2,(H,19,20). The summed E-state index contributed by atoms with van der Waals surface area (Å²) in [5.74, 6) is -1.36. The Balaban J connectivity index is 2.01. The number of pyridine rings is 1. The van der Waals surface area contributed by atoms with Crippen LogP contribution in [0.3, 0.4) is 0 Å². The lowest BCUT2D eigenvalue weighted by Crippen LogP contribution is -2.52. The van der Waals surface area contributed by atoms with Gasteiger partial charge >= 0.3 is 5.97 Å². The monoisotopic (exact) mass is 286 g/mol. The van der Waals surface area contributed by atoms with Gasteiger partial charge in [-0.25, -0.2) is 4.79 Å². The van der Waals surface area contributed by atoms with Gasteiger partial charge in [-0.15, -0.1) is 0 Å². The van der Waals surface area contributed by atoms with E-state index in [9.17, 15) is 14.7 Å². The fourth-order valence-electron chi connectivity index (χ4n) is 2.49. The summed E-state index contributed by atoms with van der Waals surface area (Å²) in [6.45, 7) is 0.634. The molecule has 0 aliphatic carbocycles. The number of hydrogen-bond acceptors (Lipinski definition) is 4. The molecule has 1 unspecified atom stereocenters. The highest BCUT2D eigenvalue weighted by molar-refractivity contribution is 6.07. The maximum absolute atomic E-state index is 12.7. The highest BCUT2D eigenvalue weighted by Crippen LogP contribution is 2.20. The van der Waals surface area contributed by atoms with E-state index in [0.717, 1.165) is 5.39 Å². The molecule has 21 heavy (non-hydrogen) atoms. The van der Waals surface area contributed by atoms with Crippen molar-refractivity contribution < 1.29 is 19.4 Å². The first-order chi connectivity index (χ1) is 10.2. The van der Waals surface area contributed by atoms with Gasteiger partial charge in [0.1, 0.15) is 0 Å². The number of aliphatic carboxylic acids is 1. The number of morpholine rings is 1. The van der Waals surface area contributed by atoms with Crippen LogP contribution >= 0.6 is 0 Å². The van der Waals surface area contributed by atoms with Gasteiger partial charge in [0.2, 0.25) is 0 Å². The van der Waals surface area contributed by atoms with Crippen LogP contribution in [0.4, 0.5) is 0 Å². The Bertz CT molecular complexity index is 696. The van der Waals surface area contributed by atoms with Gasteiger partial charge < -0.3 is 14.7 Å². The molecular formula is C15H14N2O4. The summed E-state index contributed by atoms with van der Waals surface area (Å²) in [6.07, 6.45) is 1.56. The Hall–Kier alpha value is -2.47. The zero-order chi connectivity index (χ0) is 14.8. The molecule has 0 spiro atoms. The molecule has 108 valence electrons. The third kappa shape index (κ3) is 2.45. The Morgan fingerprint density at radius 2 is 2.10 bits per heavy atom. The summed E-state index contributed by atoms with van der Waals surface area (Å²) in [4.78, 5) is 29.6. The van der Waals surface area contributed by atoms with E-state index in [1.165, 1.54) is 4.90 Å². The first-order valence-corrected chi connectivity index (χ1v) is 6.64. The molecule has 1 N–H and O–H groups in total. The largest absolute Gasteiger partial charge is 0.480 e. The molecule has 2 aromatic rings. The van der Waals surface area contributed by atoms with Crippen LogP contribution in [0.25, 0.3) is 10.9 Å². The normalized spacial score (nSPS) is 18.7. The number of ether oxygens (including phenoxy) is 1. The van der Waals surface area contributed by atoms with Crippen molar-refractivity contribution in [3.05, 3.63) is 42.1 Å². The molecule has 1 saturated heterocycles. The molecule has 1 aliphatic heterocycles. The lowest BCUT2D eigenvalue weighted by Gasteiger charge is -2.33. The van der Waals surface area contributed by atoms with Crippen molar-refractivity contribution in [3.63, 3.8) is 0 Å². The fourth-order valence-corrected chi connectivity index (χ4v) is 2.49. The van der Waals surface area contributed by atoms with Gasteiger partial charge in [0.15, 0.2) is 6.04 Å². The van der Waals surface area contributed by atoms with Crippen molar-refractivity contribution in [3.8, 4) is 0 Å². The molecule has 2 heterocycles. The number of amides is 1. The number of carbonyl (C=O) groups excluding carboxylic acids is 1. The van der Waals surface area contributed by atoms with Crippen LogP contribution in [0.2, 0.25) is 0 Å². The van der Waals surface area contributed by atoms with Gasteiger partial charge in [0, 0.05) is 18.1 Å². The minimum absolute atomic E-state index is 0.0179. The molecule has 3 rings (SSSR count). The number of carbonyl (C=O) groups is 2. The minimum atomic E-state index is -1.05. The van der Waals surface area contributed by atoms with E-state index >= 15 is 0 Å². The predicted octanol–water partition coefficient (Wildman–Crippen LogP) is 1.16. The second kappa shape index (κ2) is 5.49. The Labute approximate surface area is 121 Å². The van der Waals surface area contributed by atoms with Crippen molar-refractivity contribution in [2.45, 2.75) is 6.04 Å². The highest BCUT2D eigenvalue weighted by Gasteiger charge is 2.33. The zero-order valence-electron chi connectivity index (χ0n) is 11.2. The predicted molar refractivity (Wildman–Crippen MR) is 75.0 cm³/mol. The van der Waals surface area contributed by atoms with E-state index in [2.05, 4.69) is 4.98 Å². The quantitative estimate of drug-likeness (QED) is 0.896. The molecule has 0 saturated carbocycles. The van der Waals surface area contributed by atoms with E-state index in [-0.39, 0.29) is 19.1 Å². The van der Waals surface area contributed by atoms with Gasteiger partial charge in [0.05, 0.1) is 24.3 Å². The number of fused-ring (bicyclic) bond motifs is 1. The average Bonchev–Trinajstić information content (AvgIpc) is 2.53. The summed E-state index contributed by atoms with van der Waals surface area (Å²) < 4.78 is 5.16. The third-order valence-corrected chi connectivity index (χ3v) is 3.55. The molecule has 1 atom stereocenters. The van der Waals surface area contributed by atoms with Gasteiger partial charge in [-0.2, -0.15) is 0 Å². The molecular weight excluding hydrogens is 272 g/mol. The molecule has 1 amide bonds.